The van der Waals surface area contributed by atoms with Crippen molar-refractivity contribution < 1.29 is 4.48 Å². The number of unbranched alkanes of at least 4 members (excludes halogenated alkanes) is 1. The first-order chi connectivity index (χ1) is 9.33. The van der Waals surface area contributed by atoms with Crippen LogP contribution in [0.4, 0.5) is 10.2 Å². The van der Waals surface area contributed by atoms with Gasteiger partial charge in [0.2, 0.25) is 0 Å². The molecule has 0 amide bonds. The van der Waals surface area contributed by atoms with Gasteiger partial charge in [-0.25, -0.2) is 0 Å². The molecule has 4 heteroatoms. The Labute approximate surface area is 125 Å². The van der Waals surface area contributed by atoms with Crippen LogP contribution in [-0.4, -0.2) is 0 Å². The Morgan fingerprint density at radius 2 is 1.75 bits per heavy atom. The largest absolute Gasteiger partial charge is 0.295 e. The van der Waals surface area contributed by atoms with E-state index in [2.05, 4.69) is 36.6 Å². The molecule has 0 saturated carbocycles. The number of hydrogen-bond donors (Lipinski definition) is 2. The highest BCUT2D eigenvalue weighted by Gasteiger charge is 2.00. The van der Waals surface area contributed by atoms with Crippen LogP contribution in [0.1, 0.15) is 25.3 Å². The zero-order chi connectivity index (χ0) is 13.5. The summed E-state index contributed by atoms with van der Waals surface area (Å²) in [4.78, 5) is 0. The highest BCUT2D eigenvalue weighted by molar-refractivity contribution is 5.85. The summed E-state index contributed by atoms with van der Waals surface area (Å²) in [7, 11) is 0. The number of aryl methyl sites for hydroxylation is 1. The van der Waals surface area contributed by atoms with Crippen molar-refractivity contribution in [2.24, 2.45) is 0 Å². The van der Waals surface area contributed by atoms with Crippen LogP contribution in [0, 0.1) is 0 Å². The second kappa shape index (κ2) is 8.56. The van der Waals surface area contributed by atoms with E-state index in [1.807, 2.05) is 24.3 Å². The Kier molecular flexibility index (Phi) is 7.05. The summed E-state index contributed by atoms with van der Waals surface area (Å²) in [5.41, 5.74) is 8.17. The Balaban J connectivity index is 0.00000200. The Morgan fingerprint density at radius 3 is 2.40 bits per heavy atom. The van der Waals surface area contributed by atoms with Gasteiger partial charge in [-0.15, -0.1) is 16.9 Å². The molecule has 0 spiro atoms. The predicted octanol–water partition coefficient (Wildman–Crippen LogP) is 4.92. The van der Waals surface area contributed by atoms with E-state index in [-0.39, 0.29) is 12.4 Å². The second-order valence-corrected chi connectivity index (χ2v) is 4.60. The van der Waals surface area contributed by atoms with Crippen molar-refractivity contribution >= 4 is 18.1 Å². The minimum Gasteiger partial charge on any atom is -0.295 e. The fourth-order valence-electron chi connectivity index (χ4n) is 2.08. The summed E-state index contributed by atoms with van der Waals surface area (Å²) in [5, 5.41) is 0. The summed E-state index contributed by atoms with van der Waals surface area (Å²) in [5.74, 6) is 0. The van der Waals surface area contributed by atoms with E-state index in [0.29, 0.717) is 5.69 Å². The van der Waals surface area contributed by atoms with Crippen LogP contribution in [-0.2, 0) is 6.42 Å². The molecular weight excluding hydrogens is 275 g/mol. The molecule has 0 aliphatic heterocycles. The Bertz CT molecular complexity index is 514. The number of anilines is 1. The van der Waals surface area contributed by atoms with Gasteiger partial charge in [0, 0.05) is 0 Å². The van der Waals surface area contributed by atoms with Gasteiger partial charge in [0.05, 0.1) is 5.69 Å². The molecule has 0 aliphatic rings. The smallest absolute Gasteiger partial charge is 0.0518 e. The molecule has 0 radical (unpaired) electrons. The molecule has 0 unspecified atom stereocenters. The van der Waals surface area contributed by atoms with E-state index >= 15 is 0 Å². The van der Waals surface area contributed by atoms with Gasteiger partial charge in [0.25, 0.3) is 0 Å². The molecule has 0 heterocycles. The number of rotatable bonds is 6. The van der Waals surface area contributed by atoms with Crippen LogP contribution < -0.4 is 11.1 Å². The molecule has 2 rings (SSSR count). The van der Waals surface area contributed by atoms with Crippen LogP contribution in [0.15, 0.2) is 48.5 Å². The van der Waals surface area contributed by atoms with Crippen molar-refractivity contribution in [3.63, 3.8) is 0 Å². The van der Waals surface area contributed by atoms with E-state index < -0.39 is 0 Å². The summed E-state index contributed by atoms with van der Waals surface area (Å²) in [6.07, 6.45) is 3.57. The van der Waals surface area contributed by atoms with Crippen LogP contribution in [0.5, 0.6) is 0 Å². The van der Waals surface area contributed by atoms with Crippen LogP contribution in [0.2, 0.25) is 0 Å². The Hall–Kier alpha value is -1.58. The lowest BCUT2D eigenvalue weighted by molar-refractivity contribution is 0.376. The van der Waals surface area contributed by atoms with Crippen molar-refractivity contribution in [3.05, 3.63) is 54.1 Å². The van der Waals surface area contributed by atoms with Gasteiger partial charge in [-0.2, -0.15) is 0 Å². The van der Waals surface area contributed by atoms with Gasteiger partial charge in [0.15, 0.2) is 0 Å². The summed E-state index contributed by atoms with van der Waals surface area (Å²) < 4.78 is 12.0. The van der Waals surface area contributed by atoms with Gasteiger partial charge >= 0.3 is 0 Å². The zero-order valence-electron chi connectivity index (χ0n) is 11.5. The summed E-state index contributed by atoms with van der Waals surface area (Å²) in [6.45, 7) is 2.20. The first-order valence-electron chi connectivity index (χ1n) is 6.64. The molecule has 20 heavy (non-hydrogen) atoms. The molecule has 0 fully saturated rings. The van der Waals surface area contributed by atoms with E-state index in [0.717, 1.165) is 17.5 Å². The zero-order valence-corrected chi connectivity index (χ0v) is 12.3. The molecule has 2 N–H and O–H groups in total. The number of halogens is 2. The normalized spacial score (nSPS) is 9.90. The monoisotopic (exact) mass is 294 g/mol. The highest BCUT2D eigenvalue weighted by atomic mass is 35.5. The van der Waals surface area contributed by atoms with Gasteiger partial charge in [0.1, 0.15) is 0 Å². The van der Waals surface area contributed by atoms with Gasteiger partial charge in [-0.1, -0.05) is 55.4 Å². The maximum absolute atomic E-state index is 12.0. The molecule has 0 atom stereocenters. The number of nitrogens with one attached hydrogen (secondary N) is 2. The molecule has 2 aromatic carbocycles. The molecule has 0 aromatic heterocycles. The summed E-state index contributed by atoms with van der Waals surface area (Å²) >= 11 is 0. The molecule has 0 saturated heterocycles. The molecule has 108 valence electrons. The summed E-state index contributed by atoms with van der Waals surface area (Å²) in [6, 6.07) is 16.2. The number of hydrazine groups is 1. The van der Waals surface area contributed by atoms with Crippen LogP contribution >= 0.6 is 12.4 Å². The SMILES string of the molecule is CCCCc1ccc(-c2cccc(NNF)c2)cc1.Cl. The lowest BCUT2D eigenvalue weighted by Crippen LogP contribution is -2.09. The quantitative estimate of drug-likeness (QED) is 0.584. The van der Waals surface area contributed by atoms with Crippen molar-refractivity contribution in [2.75, 3.05) is 5.43 Å². The maximum atomic E-state index is 12.0. The minimum absolute atomic E-state index is 0. The molecular formula is C16H20ClFN2. The number of benzene rings is 2. The van der Waals surface area contributed by atoms with E-state index in [1.54, 1.807) is 0 Å². The van der Waals surface area contributed by atoms with Gasteiger partial charge in [-0.05, 0) is 41.7 Å². The second-order valence-electron chi connectivity index (χ2n) is 4.60. The van der Waals surface area contributed by atoms with Crippen molar-refractivity contribution in [2.45, 2.75) is 26.2 Å². The van der Waals surface area contributed by atoms with Crippen LogP contribution in [0.3, 0.4) is 0 Å². The average Bonchev–Trinajstić information content (AvgIpc) is 2.46. The molecule has 0 bridgehead atoms. The Morgan fingerprint density at radius 1 is 1.00 bits per heavy atom. The number of hydrogen-bond acceptors (Lipinski definition) is 2. The third-order valence-corrected chi connectivity index (χ3v) is 3.16. The third-order valence-electron chi connectivity index (χ3n) is 3.16. The minimum atomic E-state index is 0. The van der Waals surface area contributed by atoms with Crippen molar-refractivity contribution in [1.29, 1.82) is 0 Å². The molecule has 0 aliphatic carbocycles. The van der Waals surface area contributed by atoms with Gasteiger partial charge < -0.3 is 0 Å². The lowest BCUT2D eigenvalue weighted by Gasteiger charge is -2.07. The van der Waals surface area contributed by atoms with Crippen molar-refractivity contribution in [3.8, 4) is 11.1 Å². The fraction of sp³-hybridized carbons (Fsp3) is 0.250. The van der Waals surface area contributed by atoms with Crippen molar-refractivity contribution in [1.82, 2.24) is 5.65 Å². The standard InChI is InChI=1S/C16H19FN2.ClH/c1-2-3-5-13-8-10-14(11-9-13)15-6-4-7-16(12-15)18-19-17;/h4,6-12,18-19H,2-3,5H2,1H3;1H. The van der Waals surface area contributed by atoms with E-state index in [9.17, 15) is 4.48 Å². The lowest BCUT2D eigenvalue weighted by atomic mass is 10.0. The third kappa shape index (κ3) is 4.51. The fourth-order valence-corrected chi connectivity index (χ4v) is 2.08. The maximum Gasteiger partial charge on any atom is 0.0518 e. The highest BCUT2D eigenvalue weighted by Crippen LogP contribution is 2.23. The van der Waals surface area contributed by atoms with Gasteiger partial charge in [-0.3, -0.25) is 5.43 Å². The average molecular weight is 295 g/mol. The molecule has 2 nitrogen and oxygen atoms in total. The van der Waals surface area contributed by atoms with E-state index in [4.69, 9.17) is 0 Å². The van der Waals surface area contributed by atoms with E-state index in [1.165, 1.54) is 24.1 Å². The van der Waals surface area contributed by atoms with Crippen LogP contribution in [0.25, 0.3) is 11.1 Å². The predicted molar refractivity (Wildman–Crippen MR) is 85.6 cm³/mol. The molecule has 2 aromatic rings. The first kappa shape index (κ1) is 16.5. The topological polar surface area (TPSA) is 24.1 Å². The first-order valence-corrected chi connectivity index (χ1v) is 6.64.